The van der Waals surface area contributed by atoms with Crippen LogP contribution in [0.2, 0.25) is 5.02 Å². The first kappa shape index (κ1) is 10.9. The lowest BCUT2D eigenvalue weighted by atomic mass is 10.4. The fourth-order valence-electron chi connectivity index (χ4n) is 0.993. The van der Waals surface area contributed by atoms with Gasteiger partial charge < -0.3 is 5.32 Å². The van der Waals surface area contributed by atoms with Gasteiger partial charge in [-0.05, 0) is 37.9 Å². The highest BCUT2D eigenvalue weighted by molar-refractivity contribution is 7.99. The first-order chi connectivity index (χ1) is 6.34. The van der Waals surface area contributed by atoms with E-state index in [4.69, 9.17) is 11.6 Å². The highest BCUT2D eigenvalue weighted by Gasteiger charge is 1.97. The molecule has 0 fully saturated rings. The van der Waals surface area contributed by atoms with Crippen LogP contribution in [0.1, 0.15) is 6.42 Å². The van der Waals surface area contributed by atoms with Crippen molar-refractivity contribution in [1.29, 1.82) is 0 Å². The Morgan fingerprint density at radius 3 is 2.85 bits per heavy atom. The van der Waals surface area contributed by atoms with Gasteiger partial charge in [0, 0.05) is 4.90 Å². The van der Waals surface area contributed by atoms with Gasteiger partial charge in [-0.2, -0.15) is 0 Å². The molecular weight excluding hydrogens is 202 g/mol. The van der Waals surface area contributed by atoms with Crippen LogP contribution in [0.15, 0.2) is 29.2 Å². The number of halogens is 1. The number of hydrogen-bond acceptors (Lipinski definition) is 2. The molecule has 0 aliphatic carbocycles. The Bertz CT molecular complexity index is 252. The van der Waals surface area contributed by atoms with E-state index in [0.29, 0.717) is 0 Å². The summed E-state index contributed by atoms with van der Waals surface area (Å²) in [5.74, 6) is 1.12. The van der Waals surface area contributed by atoms with E-state index < -0.39 is 0 Å². The molecule has 0 spiro atoms. The molecule has 0 aliphatic heterocycles. The second-order valence-corrected chi connectivity index (χ2v) is 4.28. The maximum atomic E-state index is 6.00. The molecule has 1 rings (SSSR count). The van der Waals surface area contributed by atoms with Crippen molar-refractivity contribution in [2.75, 3.05) is 19.3 Å². The van der Waals surface area contributed by atoms with E-state index in [1.807, 2.05) is 37.0 Å². The Hall–Kier alpha value is -0.180. The zero-order valence-corrected chi connectivity index (χ0v) is 9.29. The zero-order chi connectivity index (χ0) is 9.52. The van der Waals surface area contributed by atoms with E-state index in [0.717, 1.165) is 17.3 Å². The molecule has 0 amide bonds. The third-order valence-electron chi connectivity index (χ3n) is 1.67. The summed E-state index contributed by atoms with van der Waals surface area (Å²) in [6.45, 7) is 1.07. The predicted octanol–water partition coefficient (Wildman–Crippen LogP) is 3.04. The van der Waals surface area contributed by atoms with Crippen LogP contribution in [0.3, 0.4) is 0 Å². The molecule has 13 heavy (non-hydrogen) atoms. The van der Waals surface area contributed by atoms with E-state index in [2.05, 4.69) is 11.4 Å². The monoisotopic (exact) mass is 215 g/mol. The second-order valence-electron chi connectivity index (χ2n) is 2.74. The van der Waals surface area contributed by atoms with Crippen molar-refractivity contribution < 1.29 is 0 Å². The van der Waals surface area contributed by atoms with Gasteiger partial charge in [-0.25, -0.2) is 0 Å². The van der Waals surface area contributed by atoms with E-state index in [1.165, 1.54) is 11.3 Å². The van der Waals surface area contributed by atoms with Crippen LogP contribution < -0.4 is 5.32 Å². The summed E-state index contributed by atoms with van der Waals surface area (Å²) in [7, 11) is 1.97. The van der Waals surface area contributed by atoms with Crippen LogP contribution in [-0.4, -0.2) is 19.3 Å². The van der Waals surface area contributed by atoms with Gasteiger partial charge in [-0.3, -0.25) is 0 Å². The molecule has 0 unspecified atom stereocenters. The SMILES string of the molecule is CNCCCSc1ccccc1Cl. The molecule has 0 heterocycles. The Balaban J connectivity index is 2.32. The van der Waals surface area contributed by atoms with Crippen LogP contribution in [0.5, 0.6) is 0 Å². The minimum atomic E-state index is 0.858. The molecule has 1 aromatic rings. The van der Waals surface area contributed by atoms with Crippen molar-refractivity contribution in [3.63, 3.8) is 0 Å². The van der Waals surface area contributed by atoms with Crippen molar-refractivity contribution in [3.8, 4) is 0 Å². The third-order valence-corrected chi connectivity index (χ3v) is 3.27. The first-order valence-electron chi connectivity index (χ1n) is 4.36. The number of benzene rings is 1. The van der Waals surface area contributed by atoms with Crippen molar-refractivity contribution in [2.24, 2.45) is 0 Å². The van der Waals surface area contributed by atoms with Gasteiger partial charge in [0.25, 0.3) is 0 Å². The lowest BCUT2D eigenvalue weighted by Crippen LogP contribution is -2.07. The molecule has 0 saturated heterocycles. The highest BCUT2D eigenvalue weighted by Crippen LogP contribution is 2.26. The topological polar surface area (TPSA) is 12.0 Å². The van der Waals surface area contributed by atoms with Crippen LogP contribution >= 0.6 is 23.4 Å². The Labute approximate surface area is 88.9 Å². The van der Waals surface area contributed by atoms with Crippen molar-refractivity contribution >= 4 is 23.4 Å². The summed E-state index contributed by atoms with van der Waals surface area (Å²) in [6, 6.07) is 7.97. The average Bonchev–Trinajstić information content (AvgIpc) is 2.15. The smallest absolute Gasteiger partial charge is 0.0541 e. The van der Waals surface area contributed by atoms with E-state index in [9.17, 15) is 0 Å². The Kier molecular flexibility index (Phi) is 5.28. The van der Waals surface area contributed by atoms with Gasteiger partial charge in [0.05, 0.1) is 5.02 Å². The largest absolute Gasteiger partial charge is 0.320 e. The number of rotatable bonds is 5. The average molecular weight is 216 g/mol. The van der Waals surface area contributed by atoms with Crippen LogP contribution in [0, 0.1) is 0 Å². The summed E-state index contributed by atoms with van der Waals surface area (Å²) in [4.78, 5) is 1.18. The van der Waals surface area contributed by atoms with Crippen molar-refractivity contribution in [1.82, 2.24) is 5.32 Å². The molecule has 1 aromatic carbocycles. The standard InChI is InChI=1S/C10H14ClNS/c1-12-7-4-8-13-10-6-3-2-5-9(10)11/h2-3,5-6,12H,4,7-8H2,1H3. The van der Waals surface area contributed by atoms with Gasteiger partial charge in [0.2, 0.25) is 0 Å². The van der Waals surface area contributed by atoms with Gasteiger partial charge in [-0.15, -0.1) is 11.8 Å². The number of nitrogens with one attached hydrogen (secondary N) is 1. The summed E-state index contributed by atoms with van der Waals surface area (Å²) in [6.07, 6.45) is 1.17. The van der Waals surface area contributed by atoms with E-state index >= 15 is 0 Å². The predicted molar refractivity (Wildman–Crippen MR) is 60.7 cm³/mol. The minimum Gasteiger partial charge on any atom is -0.320 e. The molecule has 1 nitrogen and oxygen atoms in total. The number of thioether (sulfide) groups is 1. The molecule has 0 aromatic heterocycles. The lowest BCUT2D eigenvalue weighted by Gasteiger charge is -2.02. The molecule has 0 bridgehead atoms. The molecule has 0 radical (unpaired) electrons. The normalized spacial score (nSPS) is 10.3. The fraction of sp³-hybridized carbons (Fsp3) is 0.400. The highest BCUT2D eigenvalue weighted by atomic mass is 35.5. The summed E-state index contributed by atoms with van der Waals surface area (Å²) >= 11 is 7.82. The van der Waals surface area contributed by atoms with Gasteiger partial charge in [0.1, 0.15) is 0 Å². The summed E-state index contributed by atoms with van der Waals surface area (Å²) < 4.78 is 0. The molecule has 72 valence electrons. The molecule has 0 aliphatic rings. The number of hydrogen-bond donors (Lipinski definition) is 1. The molecule has 1 N–H and O–H groups in total. The maximum Gasteiger partial charge on any atom is 0.0541 e. The summed E-state index contributed by atoms with van der Waals surface area (Å²) in [5.41, 5.74) is 0. The van der Waals surface area contributed by atoms with Gasteiger partial charge in [0.15, 0.2) is 0 Å². The summed E-state index contributed by atoms with van der Waals surface area (Å²) in [5, 5.41) is 3.98. The molecule has 0 saturated carbocycles. The minimum absolute atomic E-state index is 0.858. The molecular formula is C10H14ClNS. The van der Waals surface area contributed by atoms with Gasteiger partial charge >= 0.3 is 0 Å². The molecule has 3 heteroatoms. The van der Waals surface area contributed by atoms with Crippen LogP contribution in [0.25, 0.3) is 0 Å². The van der Waals surface area contributed by atoms with E-state index in [1.54, 1.807) is 0 Å². The van der Waals surface area contributed by atoms with Crippen LogP contribution in [-0.2, 0) is 0 Å². The lowest BCUT2D eigenvalue weighted by molar-refractivity contribution is 0.778. The quantitative estimate of drug-likeness (QED) is 0.599. The van der Waals surface area contributed by atoms with E-state index in [-0.39, 0.29) is 0 Å². The fourth-order valence-corrected chi connectivity index (χ4v) is 2.18. The van der Waals surface area contributed by atoms with Crippen LogP contribution in [0.4, 0.5) is 0 Å². The zero-order valence-electron chi connectivity index (χ0n) is 7.72. The Morgan fingerprint density at radius 2 is 2.15 bits per heavy atom. The first-order valence-corrected chi connectivity index (χ1v) is 5.73. The van der Waals surface area contributed by atoms with Gasteiger partial charge in [-0.1, -0.05) is 23.7 Å². The maximum absolute atomic E-state index is 6.00. The Morgan fingerprint density at radius 1 is 1.38 bits per heavy atom. The van der Waals surface area contributed by atoms with Crippen molar-refractivity contribution in [2.45, 2.75) is 11.3 Å². The second kappa shape index (κ2) is 6.30. The van der Waals surface area contributed by atoms with Crippen molar-refractivity contribution in [3.05, 3.63) is 29.3 Å². The third kappa shape index (κ3) is 4.03. The molecule has 0 atom stereocenters.